The number of pyridine rings is 1. The first-order valence-corrected chi connectivity index (χ1v) is 6.77. The zero-order valence-corrected chi connectivity index (χ0v) is 12.5. The molecular formula is C12H17BrN4O2. The summed E-state index contributed by atoms with van der Waals surface area (Å²) < 4.78 is 7.52. The Bertz CT molecular complexity index is 556. The van der Waals surface area contributed by atoms with E-state index in [-0.39, 0.29) is 0 Å². The van der Waals surface area contributed by atoms with Crippen LogP contribution in [-0.2, 0) is 4.74 Å². The summed E-state index contributed by atoms with van der Waals surface area (Å²) in [5, 5.41) is 17.4. The van der Waals surface area contributed by atoms with E-state index in [1.54, 1.807) is 18.5 Å². The lowest BCUT2D eigenvalue weighted by atomic mass is 10.0. The highest BCUT2D eigenvalue weighted by molar-refractivity contribution is 9.10. The van der Waals surface area contributed by atoms with E-state index in [1.165, 1.54) is 0 Å². The molecule has 0 aliphatic heterocycles. The fraction of sp³-hybridized carbons (Fsp3) is 0.500. The van der Waals surface area contributed by atoms with E-state index in [1.807, 2.05) is 18.3 Å². The van der Waals surface area contributed by atoms with Crippen molar-refractivity contribution in [3.05, 3.63) is 22.8 Å². The molecule has 2 N–H and O–H groups in total. The lowest BCUT2D eigenvalue weighted by Crippen LogP contribution is -2.34. The first kappa shape index (κ1) is 14.2. The summed E-state index contributed by atoms with van der Waals surface area (Å²) in [6.45, 7) is 2.63. The smallest absolute Gasteiger partial charge is 0.243 e. The van der Waals surface area contributed by atoms with Crippen molar-refractivity contribution < 1.29 is 9.84 Å². The second-order valence-electron chi connectivity index (χ2n) is 4.65. The minimum atomic E-state index is -0.856. The summed E-state index contributed by atoms with van der Waals surface area (Å²) in [6, 6.07) is 3.78. The molecule has 0 amide bonds. The van der Waals surface area contributed by atoms with Crippen LogP contribution < -0.4 is 5.32 Å². The van der Waals surface area contributed by atoms with Gasteiger partial charge in [-0.25, -0.2) is 4.52 Å². The maximum Gasteiger partial charge on any atom is 0.243 e. The Balaban J connectivity index is 2.04. The molecule has 0 saturated carbocycles. The Hall–Kier alpha value is -1.18. The lowest BCUT2D eigenvalue weighted by molar-refractivity contribution is 0.0356. The van der Waals surface area contributed by atoms with Crippen molar-refractivity contribution in [2.45, 2.75) is 18.9 Å². The fourth-order valence-electron chi connectivity index (χ4n) is 1.63. The molecule has 0 spiro atoms. The van der Waals surface area contributed by atoms with Crippen LogP contribution in [0.1, 0.15) is 13.3 Å². The van der Waals surface area contributed by atoms with Gasteiger partial charge in [-0.2, -0.15) is 4.98 Å². The van der Waals surface area contributed by atoms with Crippen molar-refractivity contribution in [1.29, 1.82) is 0 Å². The summed E-state index contributed by atoms with van der Waals surface area (Å²) in [6.07, 6.45) is 2.37. The van der Waals surface area contributed by atoms with Crippen molar-refractivity contribution in [3.8, 4) is 0 Å². The number of rotatable bonds is 6. The van der Waals surface area contributed by atoms with Crippen LogP contribution in [0.4, 0.5) is 5.95 Å². The van der Waals surface area contributed by atoms with Gasteiger partial charge in [-0.1, -0.05) is 0 Å². The highest BCUT2D eigenvalue weighted by atomic mass is 79.9. The largest absolute Gasteiger partial charge is 0.388 e. The highest BCUT2D eigenvalue weighted by Gasteiger charge is 2.20. The molecule has 1 atom stereocenters. The number of nitrogens with zero attached hydrogens (tertiary/aromatic N) is 3. The number of hydrogen-bond donors (Lipinski definition) is 2. The van der Waals surface area contributed by atoms with Gasteiger partial charge in [0.25, 0.3) is 0 Å². The highest BCUT2D eigenvalue weighted by Crippen LogP contribution is 2.17. The van der Waals surface area contributed by atoms with Crippen LogP contribution in [0, 0.1) is 0 Å². The molecule has 2 rings (SSSR count). The fourth-order valence-corrected chi connectivity index (χ4v) is 2.05. The molecule has 2 heterocycles. The predicted octanol–water partition coefficient (Wildman–Crippen LogP) is 1.69. The average Bonchev–Trinajstić information content (AvgIpc) is 2.79. The predicted molar refractivity (Wildman–Crippen MR) is 76.3 cm³/mol. The van der Waals surface area contributed by atoms with Crippen LogP contribution in [0.3, 0.4) is 0 Å². The number of methoxy groups -OCH3 is 1. The number of nitrogens with one attached hydrogen (secondary N) is 1. The average molecular weight is 329 g/mol. The molecule has 2 aromatic heterocycles. The van der Waals surface area contributed by atoms with Gasteiger partial charge in [0.05, 0.1) is 10.1 Å². The van der Waals surface area contributed by atoms with Crippen LogP contribution in [0.15, 0.2) is 22.8 Å². The summed E-state index contributed by atoms with van der Waals surface area (Å²) in [7, 11) is 1.62. The van der Waals surface area contributed by atoms with Crippen LogP contribution >= 0.6 is 15.9 Å². The van der Waals surface area contributed by atoms with Gasteiger partial charge in [0, 0.05) is 32.9 Å². The van der Waals surface area contributed by atoms with Gasteiger partial charge in [-0.05, 0) is 35.0 Å². The lowest BCUT2D eigenvalue weighted by Gasteiger charge is -2.22. The van der Waals surface area contributed by atoms with Gasteiger partial charge in [-0.3, -0.25) is 0 Å². The van der Waals surface area contributed by atoms with E-state index in [2.05, 4.69) is 31.3 Å². The zero-order valence-electron chi connectivity index (χ0n) is 10.9. The second kappa shape index (κ2) is 5.85. The van der Waals surface area contributed by atoms with E-state index < -0.39 is 5.60 Å². The number of anilines is 1. The second-order valence-corrected chi connectivity index (χ2v) is 5.51. The number of fused-ring (bicyclic) bond motifs is 1. The van der Waals surface area contributed by atoms with Gasteiger partial charge in [-0.15, -0.1) is 5.10 Å². The molecule has 0 saturated heterocycles. The molecule has 2 aromatic rings. The Labute approximate surface area is 119 Å². The van der Waals surface area contributed by atoms with Gasteiger partial charge in [0.1, 0.15) is 0 Å². The summed E-state index contributed by atoms with van der Waals surface area (Å²) in [5.74, 6) is 0.490. The van der Waals surface area contributed by atoms with Crippen LogP contribution in [0.2, 0.25) is 0 Å². The van der Waals surface area contributed by atoms with E-state index in [0.29, 0.717) is 25.5 Å². The minimum absolute atomic E-state index is 0.366. The maximum absolute atomic E-state index is 10.1. The molecule has 7 heteroatoms. The third-order valence-corrected chi connectivity index (χ3v) is 3.41. The standard InChI is InChI=1S/C12H17BrN4O2/c1-12(18,5-7-19-2)8-14-11-15-10-9(13)4-3-6-17(10)16-11/h3-4,6,18H,5,7-8H2,1-2H3,(H,14,16). The molecule has 0 aromatic carbocycles. The number of aromatic nitrogens is 3. The van der Waals surface area contributed by atoms with Crippen molar-refractivity contribution in [3.63, 3.8) is 0 Å². The molecular weight excluding hydrogens is 312 g/mol. The monoisotopic (exact) mass is 328 g/mol. The van der Waals surface area contributed by atoms with Gasteiger partial charge in [0.2, 0.25) is 5.95 Å². The van der Waals surface area contributed by atoms with E-state index in [0.717, 1.165) is 10.1 Å². The topological polar surface area (TPSA) is 71.7 Å². The SMILES string of the molecule is COCCC(C)(O)CNc1nc2c(Br)cccn2n1. The number of ether oxygens (including phenoxy) is 1. The normalized spacial score (nSPS) is 14.5. The Morgan fingerprint density at radius 3 is 3.05 bits per heavy atom. The molecule has 0 aliphatic carbocycles. The van der Waals surface area contributed by atoms with Crippen LogP contribution in [0.25, 0.3) is 5.65 Å². The van der Waals surface area contributed by atoms with Gasteiger partial charge in [0.15, 0.2) is 5.65 Å². The van der Waals surface area contributed by atoms with Crippen LogP contribution in [-0.4, -0.2) is 45.6 Å². The van der Waals surface area contributed by atoms with Gasteiger partial charge >= 0.3 is 0 Å². The number of halogens is 1. The summed E-state index contributed by atoms with van der Waals surface area (Å²) >= 11 is 3.42. The third-order valence-electron chi connectivity index (χ3n) is 2.79. The molecule has 104 valence electrons. The van der Waals surface area contributed by atoms with Crippen molar-refractivity contribution in [2.75, 3.05) is 25.6 Å². The van der Waals surface area contributed by atoms with Crippen molar-refractivity contribution >= 4 is 27.5 Å². The molecule has 6 nitrogen and oxygen atoms in total. The molecule has 0 radical (unpaired) electrons. The quantitative estimate of drug-likeness (QED) is 0.844. The van der Waals surface area contributed by atoms with Gasteiger partial charge < -0.3 is 15.2 Å². The van der Waals surface area contributed by atoms with Crippen LogP contribution in [0.5, 0.6) is 0 Å². The molecule has 0 bridgehead atoms. The Kier molecular flexibility index (Phi) is 4.38. The van der Waals surface area contributed by atoms with Crippen molar-refractivity contribution in [1.82, 2.24) is 14.6 Å². The molecule has 1 unspecified atom stereocenters. The first-order valence-electron chi connectivity index (χ1n) is 5.98. The Morgan fingerprint density at radius 1 is 1.58 bits per heavy atom. The Morgan fingerprint density at radius 2 is 2.37 bits per heavy atom. The number of aliphatic hydroxyl groups is 1. The zero-order chi connectivity index (χ0) is 13.9. The minimum Gasteiger partial charge on any atom is -0.388 e. The van der Waals surface area contributed by atoms with E-state index >= 15 is 0 Å². The molecule has 0 fully saturated rings. The number of hydrogen-bond acceptors (Lipinski definition) is 5. The van der Waals surface area contributed by atoms with Crippen molar-refractivity contribution in [2.24, 2.45) is 0 Å². The maximum atomic E-state index is 10.1. The molecule has 19 heavy (non-hydrogen) atoms. The van der Waals surface area contributed by atoms with E-state index in [4.69, 9.17) is 4.74 Å². The van der Waals surface area contributed by atoms with E-state index in [9.17, 15) is 5.11 Å². The summed E-state index contributed by atoms with van der Waals surface area (Å²) in [5.41, 5.74) is -0.119. The third kappa shape index (κ3) is 3.65. The summed E-state index contributed by atoms with van der Waals surface area (Å²) in [4.78, 5) is 4.35. The first-order chi connectivity index (χ1) is 9.02. The molecule has 0 aliphatic rings.